The van der Waals surface area contributed by atoms with Crippen LogP contribution in [0.1, 0.15) is 17.5 Å². The molecule has 0 aliphatic rings. The molecule has 7 heteroatoms. The predicted octanol–water partition coefficient (Wildman–Crippen LogP) is 3.46. The number of nitrogens with zero attached hydrogens (tertiary/aromatic N) is 2. The Morgan fingerprint density at radius 1 is 1.08 bits per heavy atom. The summed E-state index contributed by atoms with van der Waals surface area (Å²) in [5.74, 6) is -0.123. The van der Waals surface area contributed by atoms with Crippen LogP contribution in [0.3, 0.4) is 0 Å². The molecule has 0 aliphatic carbocycles. The van der Waals surface area contributed by atoms with E-state index in [-0.39, 0.29) is 18.9 Å². The van der Waals surface area contributed by atoms with Crippen LogP contribution >= 0.6 is 11.6 Å². The number of halogens is 1. The van der Waals surface area contributed by atoms with Gasteiger partial charge in [0.15, 0.2) is 0 Å². The Labute approximate surface area is 160 Å². The van der Waals surface area contributed by atoms with Gasteiger partial charge in [0.1, 0.15) is 0 Å². The second-order valence-corrected chi connectivity index (χ2v) is 8.52. The van der Waals surface area contributed by atoms with E-state index in [9.17, 15) is 13.2 Å². The van der Waals surface area contributed by atoms with Crippen LogP contribution in [-0.2, 0) is 21.4 Å². The standard InChI is InChI=1S/C19H23ClN2O3S/c1-15-17(20)10-7-11-18(15)22(26(3,24)25)13-12-19(23)21(2)14-16-8-5-4-6-9-16/h4-11H,12-14H2,1-3H3. The molecule has 0 unspecified atom stereocenters. The summed E-state index contributed by atoms with van der Waals surface area (Å²) in [7, 11) is -1.82. The zero-order valence-electron chi connectivity index (χ0n) is 15.1. The fraction of sp³-hybridized carbons (Fsp3) is 0.316. The van der Waals surface area contributed by atoms with E-state index >= 15 is 0 Å². The fourth-order valence-electron chi connectivity index (χ4n) is 2.66. The van der Waals surface area contributed by atoms with Crippen LogP contribution in [0.2, 0.25) is 5.02 Å². The number of hydrogen-bond donors (Lipinski definition) is 0. The number of carbonyl (C=O) groups excluding carboxylic acids is 1. The van der Waals surface area contributed by atoms with Gasteiger partial charge >= 0.3 is 0 Å². The van der Waals surface area contributed by atoms with Gasteiger partial charge in [0.2, 0.25) is 15.9 Å². The predicted molar refractivity (Wildman–Crippen MR) is 106 cm³/mol. The first kappa shape index (κ1) is 20.3. The molecule has 5 nitrogen and oxygen atoms in total. The molecule has 26 heavy (non-hydrogen) atoms. The molecule has 0 saturated heterocycles. The second-order valence-electron chi connectivity index (χ2n) is 6.20. The molecule has 0 saturated carbocycles. The molecule has 0 bridgehead atoms. The number of carbonyl (C=O) groups is 1. The van der Waals surface area contributed by atoms with Gasteiger partial charge in [-0.25, -0.2) is 8.42 Å². The summed E-state index contributed by atoms with van der Waals surface area (Å²) in [4.78, 5) is 14.0. The van der Waals surface area contributed by atoms with Gasteiger partial charge < -0.3 is 4.90 Å². The fourth-order valence-corrected chi connectivity index (χ4v) is 3.81. The number of amides is 1. The first-order valence-corrected chi connectivity index (χ1v) is 10.4. The van der Waals surface area contributed by atoms with Gasteiger partial charge in [-0.2, -0.15) is 0 Å². The van der Waals surface area contributed by atoms with Gasteiger partial charge in [-0.1, -0.05) is 48.0 Å². The summed E-state index contributed by atoms with van der Waals surface area (Å²) in [6, 6.07) is 14.8. The maximum Gasteiger partial charge on any atom is 0.232 e. The third-order valence-electron chi connectivity index (χ3n) is 4.13. The van der Waals surface area contributed by atoms with Gasteiger partial charge in [-0.15, -0.1) is 0 Å². The zero-order valence-corrected chi connectivity index (χ0v) is 16.7. The smallest absolute Gasteiger partial charge is 0.232 e. The lowest BCUT2D eigenvalue weighted by molar-refractivity contribution is -0.130. The summed E-state index contributed by atoms with van der Waals surface area (Å²) in [6.45, 7) is 2.31. The van der Waals surface area contributed by atoms with E-state index in [0.717, 1.165) is 11.8 Å². The maximum absolute atomic E-state index is 12.4. The third-order valence-corrected chi connectivity index (χ3v) is 5.71. The number of anilines is 1. The van der Waals surface area contributed by atoms with Gasteiger partial charge in [0, 0.05) is 31.6 Å². The Morgan fingerprint density at radius 3 is 2.35 bits per heavy atom. The van der Waals surface area contributed by atoms with E-state index in [1.165, 1.54) is 4.31 Å². The highest BCUT2D eigenvalue weighted by molar-refractivity contribution is 7.92. The molecule has 2 aromatic carbocycles. The van der Waals surface area contributed by atoms with Crippen LogP contribution in [0.4, 0.5) is 5.69 Å². The van der Waals surface area contributed by atoms with Gasteiger partial charge in [-0.3, -0.25) is 9.10 Å². The van der Waals surface area contributed by atoms with E-state index < -0.39 is 10.0 Å². The number of sulfonamides is 1. The average Bonchev–Trinajstić information content (AvgIpc) is 2.58. The minimum absolute atomic E-state index is 0.0674. The largest absolute Gasteiger partial charge is 0.341 e. The topological polar surface area (TPSA) is 57.7 Å². The summed E-state index contributed by atoms with van der Waals surface area (Å²) in [5, 5.41) is 0.490. The molecule has 140 valence electrons. The SMILES string of the molecule is Cc1c(Cl)cccc1N(CCC(=O)N(C)Cc1ccccc1)S(C)(=O)=O. The Balaban J connectivity index is 2.10. The molecule has 0 aliphatic heterocycles. The summed E-state index contributed by atoms with van der Waals surface area (Å²) >= 11 is 6.11. The summed E-state index contributed by atoms with van der Waals surface area (Å²) in [6.07, 6.45) is 1.22. The molecular formula is C19H23ClN2O3S. The first-order valence-electron chi connectivity index (χ1n) is 8.21. The maximum atomic E-state index is 12.4. The molecule has 1 amide bonds. The van der Waals surface area contributed by atoms with Crippen LogP contribution < -0.4 is 4.31 Å². The average molecular weight is 395 g/mol. The van der Waals surface area contributed by atoms with Crippen molar-refractivity contribution in [1.29, 1.82) is 0 Å². The highest BCUT2D eigenvalue weighted by Gasteiger charge is 2.22. The molecule has 0 heterocycles. The molecule has 0 fully saturated rings. The lowest BCUT2D eigenvalue weighted by atomic mass is 10.2. The number of hydrogen-bond acceptors (Lipinski definition) is 3. The van der Waals surface area contributed by atoms with Crippen LogP contribution in [-0.4, -0.2) is 39.1 Å². The Hall–Kier alpha value is -2.05. The molecule has 2 rings (SSSR count). The van der Waals surface area contributed by atoms with Crippen molar-refractivity contribution in [2.45, 2.75) is 19.9 Å². The molecule has 0 spiro atoms. The molecular weight excluding hydrogens is 372 g/mol. The van der Waals surface area contributed by atoms with E-state index in [2.05, 4.69) is 0 Å². The molecule has 0 aromatic heterocycles. The normalized spacial score (nSPS) is 11.2. The minimum atomic E-state index is -3.53. The van der Waals surface area contributed by atoms with Crippen molar-refractivity contribution >= 4 is 33.2 Å². The van der Waals surface area contributed by atoms with Crippen molar-refractivity contribution in [3.05, 3.63) is 64.7 Å². The Kier molecular flexibility index (Phi) is 6.67. The lowest BCUT2D eigenvalue weighted by Gasteiger charge is -2.25. The van der Waals surface area contributed by atoms with Crippen molar-refractivity contribution in [2.75, 3.05) is 24.2 Å². The molecule has 2 aromatic rings. The van der Waals surface area contributed by atoms with E-state index in [1.807, 2.05) is 30.3 Å². The second kappa shape index (κ2) is 8.56. The van der Waals surface area contributed by atoms with E-state index in [0.29, 0.717) is 22.8 Å². The first-order chi connectivity index (χ1) is 12.2. The van der Waals surface area contributed by atoms with Crippen molar-refractivity contribution in [3.8, 4) is 0 Å². The zero-order chi connectivity index (χ0) is 19.3. The van der Waals surface area contributed by atoms with Crippen LogP contribution in [0.5, 0.6) is 0 Å². The van der Waals surface area contributed by atoms with Crippen molar-refractivity contribution in [2.24, 2.45) is 0 Å². The van der Waals surface area contributed by atoms with Gasteiger partial charge in [0.25, 0.3) is 0 Å². The highest BCUT2D eigenvalue weighted by Crippen LogP contribution is 2.28. The van der Waals surface area contributed by atoms with Crippen molar-refractivity contribution < 1.29 is 13.2 Å². The minimum Gasteiger partial charge on any atom is -0.341 e. The quantitative estimate of drug-likeness (QED) is 0.722. The Bertz CT molecular complexity index is 870. The molecule has 0 radical (unpaired) electrons. The van der Waals surface area contributed by atoms with E-state index in [1.54, 1.807) is 37.1 Å². The van der Waals surface area contributed by atoms with Crippen LogP contribution in [0.25, 0.3) is 0 Å². The molecule has 0 N–H and O–H groups in total. The van der Waals surface area contributed by atoms with Gasteiger partial charge in [-0.05, 0) is 30.2 Å². The number of benzene rings is 2. The monoisotopic (exact) mass is 394 g/mol. The highest BCUT2D eigenvalue weighted by atomic mass is 35.5. The van der Waals surface area contributed by atoms with Crippen molar-refractivity contribution in [3.63, 3.8) is 0 Å². The van der Waals surface area contributed by atoms with Crippen molar-refractivity contribution in [1.82, 2.24) is 4.90 Å². The summed E-state index contributed by atoms with van der Waals surface area (Å²) in [5.41, 5.74) is 2.19. The van der Waals surface area contributed by atoms with Crippen LogP contribution in [0, 0.1) is 6.92 Å². The summed E-state index contributed by atoms with van der Waals surface area (Å²) < 4.78 is 25.7. The molecule has 0 atom stereocenters. The van der Waals surface area contributed by atoms with Crippen LogP contribution in [0.15, 0.2) is 48.5 Å². The van der Waals surface area contributed by atoms with Gasteiger partial charge in [0.05, 0.1) is 11.9 Å². The van der Waals surface area contributed by atoms with E-state index in [4.69, 9.17) is 11.6 Å². The number of rotatable bonds is 7. The Morgan fingerprint density at radius 2 is 1.73 bits per heavy atom. The lowest BCUT2D eigenvalue weighted by Crippen LogP contribution is -2.35. The third kappa shape index (κ3) is 5.22.